The minimum atomic E-state index is 0.625. The third-order valence-corrected chi connectivity index (χ3v) is 5.59. The zero-order chi connectivity index (χ0) is 11.0. The summed E-state index contributed by atoms with van der Waals surface area (Å²) in [7, 11) is 0. The molecule has 3 fully saturated rings. The van der Waals surface area contributed by atoms with E-state index in [1.807, 2.05) is 0 Å². The Bertz CT molecular complexity index is 242. The maximum absolute atomic E-state index is 3.92. The van der Waals surface area contributed by atoms with Gasteiger partial charge in [-0.2, -0.15) is 0 Å². The minimum Gasteiger partial charge on any atom is -0.313 e. The van der Waals surface area contributed by atoms with Crippen LogP contribution in [0.15, 0.2) is 0 Å². The molecule has 1 heteroatoms. The number of fused-ring (bicyclic) bond motifs is 2. The average molecular weight is 221 g/mol. The van der Waals surface area contributed by atoms with E-state index in [1.54, 1.807) is 0 Å². The third kappa shape index (κ3) is 2.16. The van der Waals surface area contributed by atoms with Crippen molar-refractivity contribution in [3.8, 4) is 0 Å². The predicted octanol–water partition coefficient (Wildman–Crippen LogP) is 3.74. The highest BCUT2D eigenvalue weighted by Crippen LogP contribution is 2.45. The molecule has 92 valence electrons. The Labute approximate surface area is 100 Å². The number of hydrogen-bond donors (Lipinski definition) is 1. The smallest absolute Gasteiger partial charge is 0.00982 e. The Morgan fingerprint density at radius 2 is 1.88 bits per heavy atom. The van der Waals surface area contributed by atoms with Crippen LogP contribution in [0.5, 0.6) is 0 Å². The summed E-state index contributed by atoms with van der Waals surface area (Å²) in [5, 5.41) is 3.92. The fourth-order valence-corrected chi connectivity index (χ4v) is 4.45. The standard InChI is InChI=1S/C15H27N/c1-15(7-3-2-4-8-15)11-16-14-10-12-5-6-13(14)9-12/h12-14,16H,2-11H2,1H3. The van der Waals surface area contributed by atoms with E-state index in [0.29, 0.717) is 5.41 Å². The fourth-order valence-electron chi connectivity index (χ4n) is 4.45. The second-order valence-electron chi connectivity index (χ2n) is 7.03. The Hall–Kier alpha value is -0.0400. The van der Waals surface area contributed by atoms with Crippen LogP contribution in [0.2, 0.25) is 0 Å². The van der Waals surface area contributed by atoms with E-state index in [4.69, 9.17) is 0 Å². The van der Waals surface area contributed by atoms with Crippen molar-refractivity contribution in [3.63, 3.8) is 0 Å². The van der Waals surface area contributed by atoms with Crippen molar-refractivity contribution in [2.45, 2.75) is 70.8 Å². The van der Waals surface area contributed by atoms with E-state index in [1.165, 1.54) is 64.3 Å². The highest BCUT2D eigenvalue weighted by Gasteiger charge is 2.40. The van der Waals surface area contributed by atoms with Crippen LogP contribution in [-0.2, 0) is 0 Å². The van der Waals surface area contributed by atoms with Gasteiger partial charge in [-0.25, -0.2) is 0 Å². The molecule has 0 aromatic heterocycles. The van der Waals surface area contributed by atoms with Crippen molar-refractivity contribution in [1.82, 2.24) is 5.32 Å². The predicted molar refractivity (Wildman–Crippen MR) is 68.4 cm³/mol. The lowest BCUT2D eigenvalue weighted by molar-refractivity contribution is 0.189. The SMILES string of the molecule is CC1(CNC2CC3CCC2C3)CCCCC1. The Morgan fingerprint density at radius 3 is 2.50 bits per heavy atom. The van der Waals surface area contributed by atoms with E-state index in [2.05, 4.69) is 12.2 Å². The van der Waals surface area contributed by atoms with Gasteiger partial charge in [0.1, 0.15) is 0 Å². The maximum atomic E-state index is 3.92. The van der Waals surface area contributed by atoms with Gasteiger partial charge in [0.2, 0.25) is 0 Å². The first-order valence-electron chi connectivity index (χ1n) is 7.49. The Kier molecular flexibility index (Phi) is 2.99. The molecular formula is C15H27N. The van der Waals surface area contributed by atoms with Crippen molar-refractivity contribution < 1.29 is 0 Å². The summed E-state index contributed by atoms with van der Waals surface area (Å²) in [5.74, 6) is 2.12. The molecule has 2 bridgehead atoms. The molecule has 3 rings (SSSR count). The van der Waals surface area contributed by atoms with Crippen LogP contribution in [0.1, 0.15) is 64.7 Å². The molecule has 0 amide bonds. The summed E-state index contributed by atoms with van der Waals surface area (Å²) >= 11 is 0. The number of rotatable bonds is 3. The molecule has 1 nitrogen and oxygen atoms in total. The first-order chi connectivity index (χ1) is 7.75. The van der Waals surface area contributed by atoms with Gasteiger partial charge in [-0.3, -0.25) is 0 Å². The van der Waals surface area contributed by atoms with Crippen LogP contribution in [0.25, 0.3) is 0 Å². The zero-order valence-corrected chi connectivity index (χ0v) is 10.8. The van der Waals surface area contributed by atoms with Gasteiger partial charge in [0.15, 0.2) is 0 Å². The van der Waals surface area contributed by atoms with Gasteiger partial charge in [0.25, 0.3) is 0 Å². The molecule has 16 heavy (non-hydrogen) atoms. The second kappa shape index (κ2) is 4.33. The number of hydrogen-bond acceptors (Lipinski definition) is 1. The lowest BCUT2D eigenvalue weighted by Crippen LogP contribution is -2.41. The fraction of sp³-hybridized carbons (Fsp3) is 1.00. The van der Waals surface area contributed by atoms with E-state index in [0.717, 1.165) is 17.9 Å². The Morgan fingerprint density at radius 1 is 1.06 bits per heavy atom. The van der Waals surface area contributed by atoms with Crippen LogP contribution in [0.4, 0.5) is 0 Å². The summed E-state index contributed by atoms with van der Waals surface area (Å²) in [6.07, 6.45) is 13.4. The lowest BCUT2D eigenvalue weighted by atomic mass is 9.75. The molecule has 3 saturated carbocycles. The second-order valence-corrected chi connectivity index (χ2v) is 7.03. The summed E-state index contributed by atoms with van der Waals surface area (Å²) < 4.78 is 0. The number of nitrogens with one attached hydrogen (secondary N) is 1. The molecule has 3 unspecified atom stereocenters. The molecule has 0 aromatic rings. The monoisotopic (exact) mass is 221 g/mol. The summed E-state index contributed by atoms with van der Waals surface area (Å²) in [6, 6.07) is 0.887. The molecule has 1 N–H and O–H groups in total. The van der Waals surface area contributed by atoms with Gasteiger partial charge in [-0.1, -0.05) is 32.6 Å². The topological polar surface area (TPSA) is 12.0 Å². The molecule has 0 aromatic carbocycles. The molecule has 0 heterocycles. The normalized spacial score (nSPS) is 41.4. The molecule has 0 aliphatic heterocycles. The largest absolute Gasteiger partial charge is 0.313 e. The Balaban J connectivity index is 1.49. The van der Waals surface area contributed by atoms with Crippen molar-refractivity contribution in [2.24, 2.45) is 17.3 Å². The van der Waals surface area contributed by atoms with Crippen molar-refractivity contribution in [2.75, 3.05) is 6.54 Å². The minimum absolute atomic E-state index is 0.625. The lowest BCUT2D eigenvalue weighted by Gasteiger charge is -2.36. The van der Waals surface area contributed by atoms with E-state index in [-0.39, 0.29) is 0 Å². The van der Waals surface area contributed by atoms with Crippen LogP contribution in [0.3, 0.4) is 0 Å². The van der Waals surface area contributed by atoms with Gasteiger partial charge in [0.05, 0.1) is 0 Å². The van der Waals surface area contributed by atoms with Crippen LogP contribution < -0.4 is 5.32 Å². The highest BCUT2D eigenvalue weighted by molar-refractivity contribution is 4.95. The van der Waals surface area contributed by atoms with Crippen LogP contribution >= 0.6 is 0 Å². The molecule has 0 spiro atoms. The first kappa shape index (κ1) is 11.1. The van der Waals surface area contributed by atoms with E-state index < -0.39 is 0 Å². The van der Waals surface area contributed by atoms with Crippen molar-refractivity contribution >= 4 is 0 Å². The van der Waals surface area contributed by atoms with E-state index >= 15 is 0 Å². The van der Waals surface area contributed by atoms with Crippen molar-refractivity contribution in [1.29, 1.82) is 0 Å². The summed E-state index contributed by atoms with van der Waals surface area (Å²) in [4.78, 5) is 0. The van der Waals surface area contributed by atoms with Gasteiger partial charge in [-0.05, 0) is 49.4 Å². The van der Waals surface area contributed by atoms with Gasteiger partial charge >= 0.3 is 0 Å². The molecule has 3 aliphatic carbocycles. The summed E-state index contributed by atoms with van der Waals surface area (Å²) in [5.41, 5.74) is 0.625. The van der Waals surface area contributed by atoms with Crippen molar-refractivity contribution in [3.05, 3.63) is 0 Å². The highest BCUT2D eigenvalue weighted by atomic mass is 14.9. The maximum Gasteiger partial charge on any atom is 0.00982 e. The molecule has 3 atom stereocenters. The summed E-state index contributed by atoms with van der Waals surface area (Å²) in [6.45, 7) is 3.80. The van der Waals surface area contributed by atoms with Crippen LogP contribution in [0, 0.1) is 17.3 Å². The zero-order valence-electron chi connectivity index (χ0n) is 10.8. The average Bonchev–Trinajstić information content (AvgIpc) is 2.89. The molecule has 0 saturated heterocycles. The molecular weight excluding hydrogens is 194 g/mol. The third-order valence-electron chi connectivity index (χ3n) is 5.59. The molecule has 0 radical (unpaired) electrons. The van der Waals surface area contributed by atoms with Crippen LogP contribution in [-0.4, -0.2) is 12.6 Å². The van der Waals surface area contributed by atoms with Gasteiger partial charge in [-0.15, -0.1) is 0 Å². The first-order valence-corrected chi connectivity index (χ1v) is 7.49. The van der Waals surface area contributed by atoms with Gasteiger partial charge in [0, 0.05) is 12.6 Å². The van der Waals surface area contributed by atoms with Gasteiger partial charge < -0.3 is 5.32 Å². The van der Waals surface area contributed by atoms with E-state index in [9.17, 15) is 0 Å². The quantitative estimate of drug-likeness (QED) is 0.765. The molecule has 3 aliphatic rings.